The Balaban J connectivity index is 1.86. The third kappa shape index (κ3) is 5.17. The Hall–Kier alpha value is -1.15. The summed E-state index contributed by atoms with van der Waals surface area (Å²) in [4.78, 5) is 24.9. The molecule has 1 amide bonds. The van der Waals surface area contributed by atoms with Crippen molar-refractivity contribution < 1.29 is 23.1 Å². The molecule has 0 spiro atoms. The molecule has 8 heteroatoms. The smallest absolute Gasteiger partial charge is 0.306 e. The quantitative estimate of drug-likeness (QED) is 0.763. The lowest BCUT2D eigenvalue weighted by molar-refractivity contribution is -0.147. The van der Waals surface area contributed by atoms with Crippen LogP contribution in [0.25, 0.3) is 0 Å². The number of hydrogen-bond donors (Lipinski definition) is 2. The number of carbonyl (C=O) groups is 2. The van der Waals surface area contributed by atoms with Crippen LogP contribution < -0.4 is 4.72 Å². The highest BCUT2D eigenvalue weighted by Crippen LogP contribution is 2.25. The van der Waals surface area contributed by atoms with Crippen molar-refractivity contribution in [3.8, 4) is 0 Å². The van der Waals surface area contributed by atoms with Gasteiger partial charge in [0.2, 0.25) is 15.9 Å². The molecule has 2 rings (SSSR count). The normalized spacial score (nSPS) is 31.7. The number of hydrogen-bond acceptors (Lipinski definition) is 4. The van der Waals surface area contributed by atoms with E-state index in [4.69, 9.17) is 5.11 Å². The number of nitrogens with zero attached hydrogens (tertiary/aromatic N) is 1. The van der Waals surface area contributed by atoms with Crippen LogP contribution in [-0.4, -0.2) is 55.2 Å². The first-order valence-corrected chi connectivity index (χ1v) is 10.3. The lowest BCUT2D eigenvalue weighted by atomic mass is 9.87. The number of aliphatic carboxylic acids is 1. The molecule has 138 valence electrons. The first-order chi connectivity index (χ1) is 11.2. The summed E-state index contributed by atoms with van der Waals surface area (Å²) < 4.78 is 27.1. The van der Waals surface area contributed by atoms with Crippen molar-refractivity contribution in [1.82, 2.24) is 9.62 Å². The molecule has 2 aliphatic rings. The zero-order valence-electron chi connectivity index (χ0n) is 14.4. The molecule has 0 bridgehead atoms. The van der Waals surface area contributed by atoms with Crippen molar-refractivity contribution in [2.75, 3.05) is 18.8 Å². The van der Waals surface area contributed by atoms with Crippen molar-refractivity contribution in [1.29, 1.82) is 0 Å². The fourth-order valence-electron chi connectivity index (χ4n) is 3.67. The molecule has 0 aromatic carbocycles. The third-order valence-corrected chi connectivity index (χ3v) is 6.57. The highest BCUT2D eigenvalue weighted by Gasteiger charge is 2.34. The average Bonchev–Trinajstić information content (AvgIpc) is 2.48. The van der Waals surface area contributed by atoms with Gasteiger partial charge in [-0.2, -0.15) is 0 Å². The van der Waals surface area contributed by atoms with E-state index in [2.05, 4.69) is 11.6 Å². The minimum Gasteiger partial charge on any atom is -0.481 e. The van der Waals surface area contributed by atoms with Crippen LogP contribution in [0.15, 0.2) is 0 Å². The maximum absolute atomic E-state index is 12.3. The van der Waals surface area contributed by atoms with Gasteiger partial charge in [0.1, 0.15) is 5.75 Å². The molecule has 1 aliphatic carbocycles. The number of likely N-dealkylation sites (tertiary alicyclic amines) is 1. The van der Waals surface area contributed by atoms with Gasteiger partial charge in [-0.25, -0.2) is 13.1 Å². The Morgan fingerprint density at radius 2 is 1.75 bits per heavy atom. The first kappa shape index (κ1) is 19.2. The summed E-state index contributed by atoms with van der Waals surface area (Å²) in [5.41, 5.74) is 0. The highest BCUT2D eigenvalue weighted by molar-refractivity contribution is 7.90. The number of piperidine rings is 1. The third-order valence-electron chi connectivity index (χ3n) is 5.25. The van der Waals surface area contributed by atoms with Gasteiger partial charge < -0.3 is 10.0 Å². The van der Waals surface area contributed by atoms with Gasteiger partial charge in [0.05, 0.1) is 5.92 Å². The molecule has 1 saturated heterocycles. The van der Waals surface area contributed by atoms with Crippen LogP contribution in [0.4, 0.5) is 0 Å². The maximum atomic E-state index is 12.3. The Morgan fingerprint density at radius 1 is 1.12 bits per heavy atom. The van der Waals surface area contributed by atoms with Crippen LogP contribution in [0.5, 0.6) is 0 Å². The van der Waals surface area contributed by atoms with Crippen LogP contribution >= 0.6 is 0 Å². The molecule has 2 atom stereocenters. The number of amides is 1. The van der Waals surface area contributed by atoms with E-state index in [9.17, 15) is 18.0 Å². The molecule has 2 N–H and O–H groups in total. The minimum atomic E-state index is -3.65. The van der Waals surface area contributed by atoms with Gasteiger partial charge in [-0.05, 0) is 43.9 Å². The SMILES string of the molecule is CC1CCC(NS(=O)(=O)CC(=O)N2CCC(C(=O)O)C(C)C2)CC1. The van der Waals surface area contributed by atoms with Gasteiger partial charge >= 0.3 is 5.97 Å². The van der Waals surface area contributed by atoms with E-state index in [1.165, 1.54) is 4.90 Å². The van der Waals surface area contributed by atoms with E-state index < -0.39 is 33.6 Å². The summed E-state index contributed by atoms with van der Waals surface area (Å²) >= 11 is 0. The molecule has 7 nitrogen and oxygen atoms in total. The summed E-state index contributed by atoms with van der Waals surface area (Å²) in [5.74, 6) is -1.85. The Morgan fingerprint density at radius 3 is 2.29 bits per heavy atom. The predicted molar refractivity (Wildman–Crippen MR) is 89.8 cm³/mol. The molecule has 2 unspecified atom stereocenters. The molecule has 1 aliphatic heterocycles. The van der Waals surface area contributed by atoms with E-state index in [0.29, 0.717) is 25.4 Å². The molecular weight excluding hydrogens is 332 g/mol. The predicted octanol–water partition coefficient (Wildman–Crippen LogP) is 1.05. The first-order valence-electron chi connectivity index (χ1n) is 8.68. The second-order valence-corrected chi connectivity index (χ2v) is 9.14. The maximum Gasteiger partial charge on any atom is 0.306 e. The zero-order chi connectivity index (χ0) is 17.9. The zero-order valence-corrected chi connectivity index (χ0v) is 15.2. The van der Waals surface area contributed by atoms with Crippen LogP contribution in [-0.2, 0) is 19.6 Å². The van der Waals surface area contributed by atoms with Crippen molar-refractivity contribution in [2.45, 2.75) is 52.0 Å². The Bertz CT molecular complexity index is 569. The summed E-state index contributed by atoms with van der Waals surface area (Å²) in [6, 6.07) is -0.0735. The van der Waals surface area contributed by atoms with Gasteiger partial charge in [0.25, 0.3) is 0 Å². The summed E-state index contributed by atoms with van der Waals surface area (Å²) in [6.45, 7) is 4.55. The number of nitrogens with one attached hydrogen (secondary N) is 1. The second kappa shape index (κ2) is 7.82. The molecule has 0 aromatic heterocycles. The Labute approximate surface area is 143 Å². The largest absolute Gasteiger partial charge is 0.481 e. The van der Waals surface area contributed by atoms with Crippen LogP contribution in [0, 0.1) is 17.8 Å². The number of sulfonamides is 1. The fraction of sp³-hybridized carbons (Fsp3) is 0.875. The van der Waals surface area contributed by atoms with E-state index in [1.54, 1.807) is 6.92 Å². The van der Waals surface area contributed by atoms with E-state index >= 15 is 0 Å². The molecule has 1 heterocycles. The van der Waals surface area contributed by atoms with E-state index in [1.807, 2.05) is 0 Å². The van der Waals surface area contributed by atoms with Crippen LogP contribution in [0.1, 0.15) is 46.0 Å². The van der Waals surface area contributed by atoms with Crippen molar-refractivity contribution >= 4 is 21.9 Å². The molecular formula is C16H28N2O5S. The summed E-state index contributed by atoms with van der Waals surface area (Å²) in [7, 11) is -3.65. The van der Waals surface area contributed by atoms with Crippen molar-refractivity contribution in [3.05, 3.63) is 0 Å². The van der Waals surface area contributed by atoms with Gasteiger partial charge in [0, 0.05) is 19.1 Å². The van der Waals surface area contributed by atoms with Crippen molar-refractivity contribution in [3.63, 3.8) is 0 Å². The monoisotopic (exact) mass is 360 g/mol. The summed E-state index contributed by atoms with van der Waals surface area (Å²) in [6.07, 6.45) is 4.00. The van der Waals surface area contributed by atoms with Gasteiger partial charge in [-0.1, -0.05) is 13.8 Å². The van der Waals surface area contributed by atoms with E-state index in [-0.39, 0.29) is 12.0 Å². The number of carboxylic acids is 1. The molecule has 1 saturated carbocycles. The van der Waals surface area contributed by atoms with Crippen LogP contribution in [0.2, 0.25) is 0 Å². The molecule has 0 radical (unpaired) electrons. The number of carbonyl (C=O) groups excluding carboxylic acids is 1. The molecule has 2 fully saturated rings. The number of rotatable bonds is 5. The topological polar surface area (TPSA) is 104 Å². The van der Waals surface area contributed by atoms with Gasteiger partial charge in [-0.3, -0.25) is 9.59 Å². The molecule has 0 aromatic rings. The fourth-order valence-corrected chi connectivity index (χ4v) is 5.00. The van der Waals surface area contributed by atoms with E-state index in [0.717, 1.165) is 25.7 Å². The minimum absolute atomic E-state index is 0.0735. The van der Waals surface area contributed by atoms with Gasteiger partial charge in [0.15, 0.2) is 0 Å². The standard InChI is InChI=1S/C16H28N2O5S/c1-11-3-5-13(6-4-11)17-24(22,23)10-15(19)18-8-7-14(16(20)21)12(2)9-18/h11-14,17H,3-10H2,1-2H3,(H,20,21). The molecule has 24 heavy (non-hydrogen) atoms. The lowest BCUT2D eigenvalue weighted by Gasteiger charge is -2.35. The Kier molecular flexibility index (Phi) is 6.25. The summed E-state index contributed by atoms with van der Waals surface area (Å²) in [5, 5.41) is 9.11. The van der Waals surface area contributed by atoms with Gasteiger partial charge in [-0.15, -0.1) is 0 Å². The van der Waals surface area contributed by atoms with Crippen molar-refractivity contribution in [2.24, 2.45) is 17.8 Å². The average molecular weight is 360 g/mol. The number of carboxylic acid groups (broad SMARTS) is 1. The second-order valence-electron chi connectivity index (χ2n) is 7.38. The lowest BCUT2D eigenvalue weighted by Crippen LogP contribution is -2.48. The highest BCUT2D eigenvalue weighted by atomic mass is 32.2. The van der Waals surface area contributed by atoms with Crippen LogP contribution in [0.3, 0.4) is 0 Å².